The molecule has 2 saturated heterocycles. The molecular formula is C22H31N4O20P3. The van der Waals surface area contributed by atoms with Gasteiger partial charge in [0, 0.05) is 35.8 Å². The van der Waals surface area contributed by atoms with Crippen LogP contribution in [0.5, 0.6) is 5.75 Å². The van der Waals surface area contributed by atoms with E-state index in [2.05, 4.69) is 27.9 Å². The molecule has 27 heteroatoms. The van der Waals surface area contributed by atoms with Crippen LogP contribution >= 0.6 is 23.5 Å². The Morgan fingerprint density at radius 1 is 1.04 bits per heavy atom. The van der Waals surface area contributed by atoms with E-state index in [1.165, 1.54) is 6.92 Å². The van der Waals surface area contributed by atoms with Crippen molar-refractivity contribution in [2.24, 2.45) is 4.99 Å². The molecule has 10 N–H and O–H groups in total. The second-order valence-electron chi connectivity index (χ2n) is 10.4. The zero-order chi connectivity index (χ0) is 36.5. The van der Waals surface area contributed by atoms with Crippen molar-refractivity contribution in [3.63, 3.8) is 0 Å². The van der Waals surface area contributed by atoms with Crippen molar-refractivity contribution in [3.8, 4) is 5.75 Å². The second kappa shape index (κ2) is 15.4. The number of phosphoric ester groups is 3. The van der Waals surface area contributed by atoms with Crippen LogP contribution in [0.15, 0.2) is 33.0 Å². The third-order valence-corrected chi connectivity index (χ3v) is 9.97. The minimum atomic E-state index is -5.65. The molecule has 0 spiro atoms. The lowest BCUT2D eigenvalue weighted by Gasteiger charge is -2.35. The molecule has 0 aromatic carbocycles. The topological polar surface area (TPSA) is 369 Å². The molecule has 0 bridgehead atoms. The molecule has 0 amide bonds. The number of aliphatic hydroxyl groups is 4. The van der Waals surface area contributed by atoms with E-state index in [0.29, 0.717) is 4.57 Å². The Hall–Kier alpha value is -2.57. The molecule has 0 saturated carbocycles. The van der Waals surface area contributed by atoms with Crippen LogP contribution in [0, 0.1) is 6.92 Å². The van der Waals surface area contributed by atoms with Crippen molar-refractivity contribution >= 4 is 29.7 Å². The highest BCUT2D eigenvalue weighted by Crippen LogP contribution is 2.61. The number of hydrogen-bond acceptors (Lipinski definition) is 18. The first kappa shape index (κ1) is 39.2. The minimum absolute atomic E-state index is 0.0218. The van der Waals surface area contributed by atoms with Gasteiger partial charge in [-0.3, -0.25) is 37.9 Å². The van der Waals surface area contributed by atoms with Gasteiger partial charge in [0.05, 0.1) is 25.5 Å². The van der Waals surface area contributed by atoms with Gasteiger partial charge in [0.25, 0.3) is 5.56 Å². The SMILES string of the molecule is Cc1ncc(COP(=O)(O)O)c(C=N[C@H]2CO[C@H](OP(=O)(O)OP(=O)(O)OC[C@H]3O[C@@H](n4ccc(=O)[nH]c4=O)[C@H](O)[C@@H]3O)[C@H](O)[C@H]2O)c1O. The van der Waals surface area contributed by atoms with Gasteiger partial charge in [0.1, 0.15) is 42.3 Å². The predicted molar refractivity (Wildman–Crippen MR) is 156 cm³/mol. The summed E-state index contributed by atoms with van der Waals surface area (Å²) < 4.78 is 64.9. The van der Waals surface area contributed by atoms with Gasteiger partial charge in [0.2, 0.25) is 0 Å². The number of aromatic hydroxyl groups is 1. The molecular weight excluding hydrogens is 733 g/mol. The van der Waals surface area contributed by atoms with E-state index >= 15 is 0 Å². The molecule has 24 nitrogen and oxygen atoms in total. The summed E-state index contributed by atoms with van der Waals surface area (Å²) in [5.74, 6) is -0.452. The molecule has 0 aliphatic carbocycles. The molecule has 2 aliphatic heterocycles. The number of aromatic nitrogens is 3. The number of ether oxygens (including phenoxy) is 2. The first-order valence-electron chi connectivity index (χ1n) is 13.6. The van der Waals surface area contributed by atoms with Crippen LogP contribution in [-0.4, -0.2) is 122 Å². The van der Waals surface area contributed by atoms with Crippen molar-refractivity contribution in [1.29, 1.82) is 0 Å². The molecule has 2 fully saturated rings. The van der Waals surface area contributed by atoms with Crippen molar-refractivity contribution < 1.29 is 86.2 Å². The van der Waals surface area contributed by atoms with Crippen LogP contribution in [0.4, 0.5) is 0 Å². The average molecular weight is 764 g/mol. The number of aliphatic hydroxyl groups excluding tert-OH is 4. The number of hydrogen-bond donors (Lipinski definition) is 10. The van der Waals surface area contributed by atoms with Gasteiger partial charge in [-0.2, -0.15) is 4.31 Å². The molecule has 274 valence electrons. The third kappa shape index (κ3) is 10.0. The Balaban J connectivity index is 1.34. The fourth-order valence-electron chi connectivity index (χ4n) is 4.44. The van der Waals surface area contributed by atoms with E-state index in [-0.39, 0.29) is 16.8 Å². The molecule has 4 heterocycles. The smallest absolute Gasteiger partial charge is 0.483 e. The summed E-state index contributed by atoms with van der Waals surface area (Å²) >= 11 is 0. The number of rotatable bonds is 13. The quantitative estimate of drug-likeness (QED) is 0.0717. The molecule has 4 rings (SSSR count). The van der Waals surface area contributed by atoms with Gasteiger partial charge in [-0.25, -0.2) is 18.5 Å². The third-order valence-electron chi connectivity index (χ3n) is 6.90. The van der Waals surface area contributed by atoms with Crippen molar-refractivity contribution in [3.05, 3.63) is 56.1 Å². The van der Waals surface area contributed by atoms with Crippen LogP contribution in [0.3, 0.4) is 0 Å². The Labute approximate surface area is 273 Å². The van der Waals surface area contributed by atoms with Crippen LogP contribution in [0.2, 0.25) is 0 Å². The number of pyridine rings is 1. The van der Waals surface area contributed by atoms with Crippen LogP contribution in [-0.2, 0) is 47.7 Å². The Morgan fingerprint density at radius 2 is 1.73 bits per heavy atom. The van der Waals surface area contributed by atoms with Crippen LogP contribution < -0.4 is 11.2 Å². The predicted octanol–water partition coefficient (Wildman–Crippen LogP) is -3.01. The summed E-state index contributed by atoms with van der Waals surface area (Å²) in [7, 11) is -16.1. The monoisotopic (exact) mass is 764 g/mol. The summed E-state index contributed by atoms with van der Waals surface area (Å²) in [5, 5.41) is 51.9. The molecule has 10 atom stereocenters. The zero-order valence-corrected chi connectivity index (χ0v) is 27.4. The largest absolute Gasteiger partial charge is 0.505 e. The van der Waals surface area contributed by atoms with Gasteiger partial charge in [-0.15, -0.1) is 0 Å². The van der Waals surface area contributed by atoms with Gasteiger partial charge in [0.15, 0.2) is 12.5 Å². The maximum Gasteiger partial charge on any atom is 0.483 e. The fraction of sp³-hybridized carbons (Fsp3) is 0.545. The highest BCUT2D eigenvalue weighted by atomic mass is 31.3. The lowest BCUT2D eigenvalue weighted by molar-refractivity contribution is -0.218. The van der Waals surface area contributed by atoms with Gasteiger partial charge in [-0.05, 0) is 6.92 Å². The van der Waals surface area contributed by atoms with E-state index in [9.17, 15) is 58.6 Å². The number of aromatic amines is 1. The number of H-pyrrole nitrogens is 1. The fourth-order valence-corrected chi connectivity index (χ4v) is 6.91. The summed E-state index contributed by atoms with van der Waals surface area (Å²) in [6, 6.07) is -0.406. The molecule has 2 aromatic rings. The lowest BCUT2D eigenvalue weighted by atomic mass is 10.0. The lowest BCUT2D eigenvalue weighted by Crippen LogP contribution is -2.52. The second-order valence-corrected chi connectivity index (χ2v) is 14.6. The van der Waals surface area contributed by atoms with Crippen molar-refractivity contribution in [1.82, 2.24) is 14.5 Å². The Morgan fingerprint density at radius 3 is 2.39 bits per heavy atom. The summed E-state index contributed by atoms with van der Waals surface area (Å²) in [6.07, 6.45) is -9.91. The molecule has 2 aliphatic rings. The summed E-state index contributed by atoms with van der Waals surface area (Å²) in [4.78, 5) is 71.0. The van der Waals surface area contributed by atoms with E-state index in [1.807, 2.05) is 4.98 Å². The highest BCUT2D eigenvalue weighted by molar-refractivity contribution is 7.61. The number of phosphoric acid groups is 3. The summed E-state index contributed by atoms with van der Waals surface area (Å²) in [5.41, 5.74) is -1.82. The van der Waals surface area contributed by atoms with E-state index in [4.69, 9.17) is 19.3 Å². The number of nitrogens with zero attached hydrogens (tertiary/aromatic N) is 3. The number of aryl methyl sites for hydroxylation is 1. The maximum absolute atomic E-state index is 12.5. The molecule has 49 heavy (non-hydrogen) atoms. The van der Waals surface area contributed by atoms with Crippen molar-refractivity contribution in [2.45, 2.75) is 62.6 Å². The van der Waals surface area contributed by atoms with Crippen LogP contribution in [0.25, 0.3) is 0 Å². The first-order chi connectivity index (χ1) is 22.7. The normalized spacial score (nSPS) is 30.3. The maximum atomic E-state index is 12.5. The first-order valence-corrected chi connectivity index (χ1v) is 18.1. The molecule has 2 unspecified atom stereocenters. The van der Waals surface area contributed by atoms with Crippen molar-refractivity contribution in [2.75, 3.05) is 13.2 Å². The highest BCUT2D eigenvalue weighted by Gasteiger charge is 2.48. The van der Waals surface area contributed by atoms with Gasteiger partial charge in [-0.1, -0.05) is 0 Å². The van der Waals surface area contributed by atoms with Gasteiger partial charge >= 0.3 is 29.2 Å². The average Bonchev–Trinajstić information content (AvgIpc) is 3.27. The van der Waals surface area contributed by atoms with Crippen LogP contribution in [0.1, 0.15) is 23.0 Å². The summed E-state index contributed by atoms with van der Waals surface area (Å²) in [6.45, 7) is -0.971. The minimum Gasteiger partial charge on any atom is -0.505 e. The standard InChI is InChI=1S/C22H31N4O20P3/c1-9-15(28)11(10(4-23-9)6-42-47(34,35)36)5-24-12-7-41-21(19(32)16(12)29)45-49(39,40)46-48(37,38)43-8-13-17(30)18(31)20(44-13)26-3-2-14(27)25-22(26)33/h2-5,12-13,16-21,28-32H,6-8H2,1H3,(H,37,38)(H,39,40)(H,25,27,33)(H2,34,35,36)/t12-,13+,16-,17+,18+,19+,20+,21+/m0/s1. The molecule has 2 aromatic heterocycles. The Kier molecular flexibility index (Phi) is 12.3. The molecule has 0 radical (unpaired) electrons. The Bertz CT molecular complexity index is 1800. The zero-order valence-electron chi connectivity index (χ0n) is 24.7. The number of aliphatic imine (C=N–C) groups is 1. The van der Waals surface area contributed by atoms with Gasteiger partial charge < -0.3 is 54.6 Å². The van der Waals surface area contributed by atoms with E-state index in [1.54, 1.807) is 0 Å². The van der Waals surface area contributed by atoms with E-state index < -0.39 is 109 Å². The number of nitrogens with one attached hydrogen (secondary N) is 1. The van der Waals surface area contributed by atoms with E-state index in [0.717, 1.165) is 24.7 Å².